The van der Waals surface area contributed by atoms with Crippen LogP contribution in [0.25, 0.3) is 0 Å². The molecule has 0 aliphatic heterocycles. The second-order valence-corrected chi connectivity index (χ2v) is 4.45. The van der Waals surface area contributed by atoms with Crippen molar-refractivity contribution in [3.8, 4) is 0 Å². The number of amides is 2. The Bertz CT molecular complexity index is 431. The Kier molecular flexibility index (Phi) is 5.12. The molecular weight excluding hydrogens is 254 g/mol. The molecule has 4 N–H and O–H groups in total. The fourth-order valence-electron chi connectivity index (χ4n) is 1.19. The smallest absolute Gasteiger partial charge is 0.246 e. The second-order valence-electron chi connectivity index (χ2n) is 4.02. The van der Waals surface area contributed by atoms with Crippen molar-refractivity contribution in [2.45, 2.75) is 25.9 Å². The maximum atomic E-state index is 11.8. The van der Waals surface area contributed by atoms with Crippen LogP contribution in [0.15, 0.2) is 24.3 Å². The molecule has 0 aliphatic carbocycles. The van der Waals surface area contributed by atoms with E-state index < -0.39 is 12.1 Å². The van der Waals surface area contributed by atoms with E-state index in [2.05, 4.69) is 10.6 Å². The first-order chi connectivity index (χ1) is 8.40. The van der Waals surface area contributed by atoms with E-state index in [0.717, 1.165) is 0 Å². The second kappa shape index (κ2) is 6.37. The summed E-state index contributed by atoms with van der Waals surface area (Å²) in [4.78, 5) is 23.1. The first-order valence-electron chi connectivity index (χ1n) is 5.52. The van der Waals surface area contributed by atoms with Crippen LogP contribution in [0, 0.1) is 0 Å². The number of anilines is 1. The molecule has 1 aromatic rings. The molecule has 0 unspecified atom stereocenters. The third kappa shape index (κ3) is 4.35. The lowest BCUT2D eigenvalue weighted by atomic mass is 10.2. The maximum Gasteiger partial charge on any atom is 0.246 e. The highest BCUT2D eigenvalue weighted by Crippen LogP contribution is 2.13. The molecule has 0 aromatic heterocycles. The van der Waals surface area contributed by atoms with Crippen LogP contribution in [-0.4, -0.2) is 23.9 Å². The van der Waals surface area contributed by atoms with E-state index in [0.29, 0.717) is 10.7 Å². The number of benzene rings is 1. The van der Waals surface area contributed by atoms with E-state index in [9.17, 15) is 9.59 Å². The van der Waals surface area contributed by atoms with Gasteiger partial charge in [0.25, 0.3) is 0 Å². The SMILES string of the molecule is C[C@H](N)C(=O)N[C@@H](C)C(=O)Nc1ccc(Cl)cc1. The molecule has 0 fully saturated rings. The summed E-state index contributed by atoms with van der Waals surface area (Å²) in [5, 5.41) is 5.76. The third-order valence-corrected chi connectivity index (χ3v) is 2.53. The molecule has 18 heavy (non-hydrogen) atoms. The number of hydrogen-bond donors (Lipinski definition) is 3. The van der Waals surface area contributed by atoms with Crippen LogP contribution in [0.2, 0.25) is 5.02 Å². The molecule has 2 atom stereocenters. The minimum absolute atomic E-state index is 0.314. The molecule has 0 spiro atoms. The van der Waals surface area contributed by atoms with Gasteiger partial charge in [-0.05, 0) is 38.1 Å². The molecule has 1 rings (SSSR count). The minimum Gasteiger partial charge on any atom is -0.343 e. The van der Waals surface area contributed by atoms with Gasteiger partial charge in [0.15, 0.2) is 0 Å². The average molecular weight is 270 g/mol. The Hall–Kier alpha value is -1.59. The number of hydrogen-bond acceptors (Lipinski definition) is 3. The van der Waals surface area contributed by atoms with E-state index in [1.807, 2.05) is 0 Å². The Morgan fingerprint density at radius 1 is 1.17 bits per heavy atom. The Labute approximate surface area is 111 Å². The topological polar surface area (TPSA) is 84.2 Å². The summed E-state index contributed by atoms with van der Waals surface area (Å²) in [5.41, 5.74) is 6.01. The summed E-state index contributed by atoms with van der Waals surface area (Å²) in [5.74, 6) is -0.680. The zero-order valence-electron chi connectivity index (χ0n) is 10.2. The molecule has 0 bridgehead atoms. The van der Waals surface area contributed by atoms with Gasteiger partial charge in [0, 0.05) is 10.7 Å². The van der Waals surface area contributed by atoms with Crippen molar-refractivity contribution < 1.29 is 9.59 Å². The Morgan fingerprint density at radius 3 is 2.22 bits per heavy atom. The van der Waals surface area contributed by atoms with Crippen molar-refractivity contribution in [1.29, 1.82) is 0 Å². The first-order valence-corrected chi connectivity index (χ1v) is 5.90. The van der Waals surface area contributed by atoms with Crippen molar-refractivity contribution in [3.63, 3.8) is 0 Å². The molecule has 0 aliphatic rings. The van der Waals surface area contributed by atoms with E-state index >= 15 is 0 Å². The van der Waals surface area contributed by atoms with Crippen molar-refractivity contribution >= 4 is 29.1 Å². The normalized spacial score (nSPS) is 13.6. The van der Waals surface area contributed by atoms with Crippen LogP contribution < -0.4 is 16.4 Å². The van der Waals surface area contributed by atoms with Crippen LogP contribution in [-0.2, 0) is 9.59 Å². The molecule has 6 heteroatoms. The first kappa shape index (κ1) is 14.5. The Morgan fingerprint density at radius 2 is 1.72 bits per heavy atom. The number of nitrogens with two attached hydrogens (primary N) is 1. The highest BCUT2D eigenvalue weighted by Gasteiger charge is 2.17. The van der Waals surface area contributed by atoms with E-state index in [4.69, 9.17) is 17.3 Å². The summed E-state index contributed by atoms with van der Waals surface area (Å²) in [6.07, 6.45) is 0. The van der Waals surface area contributed by atoms with Crippen LogP contribution in [0.5, 0.6) is 0 Å². The number of halogens is 1. The van der Waals surface area contributed by atoms with Crippen LogP contribution >= 0.6 is 11.6 Å². The maximum absolute atomic E-state index is 11.8. The van der Waals surface area contributed by atoms with Gasteiger partial charge in [-0.15, -0.1) is 0 Å². The summed E-state index contributed by atoms with van der Waals surface area (Å²) >= 11 is 5.73. The largest absolute Gasteiger partial charge is 0.343 e. The molecule has 5 nitrogen and oxygen atoms in total. The van der Waals surface area contributed by atoms with Gasteiger partial charge in [0.2, 0.25) is 11.8 Å². The van der Waals surface area contributed by atoms with E-state index in [-0.39, 0.29) is 11.8 Å². The lowest BCUT2D eigenvalue weighted by Gasteiger charge is -2.15. The fourth-order valence-corrected chi connectivity index (χ4v) is 1.32. The van der Waals surface area contributed by atoms with Crippen LogP contribution in [0.4, 0.5) is 5.69 Å². The predicted octanol–water partition coefficient (Wildman–Crippen LogP) is 1.13. The molecule has 0 saturated carbocycles. The van der Waals surface area contributed by atoms with Crippen molar-refractivity contribution in [1.82, 2.24) is 5.32 Å². The number of rotatable bonds is 4. The zero-order valence-corrected chi connectivity index (χ0v) is 11.0. The van der Waals surface area contributed by atoms with Crippen molar-refractivity contribution in [3.05, 3.63) is 29.3 Å². The zero-order chi connectivity index (χ0) is 13.7. The van der Waals surface area contributed by atoms with Gasteiger partial charge in [-0.25, -0.2) is 0 Å². The molecule has 0 radical (unpaired) electrons. The van der Waals surface area contributed by atoms with Crippen LogP contribution in [0.3, 0.4) is 0 Å². The highest BCUT2D eigenvalue weighted by atomic mass is 35.5. The molecule has 2 amide bonds. The minimum atomic E-state index is -0.654. The fraction of sp³-hybridized carbons (Fsp3) is 0.333. The molecule has 0 saturated heterocycles. The lowest BCUT2D eigenvalue weighted by molar-refractivity contribution is -0.126. The number of nitrogens with one attached hydrogen (secondary N) is 2. The van der Waals surface area contributed by atoms with Gasteiger partial charge in [-0.1, -0.05) is 11.6 Å². The number of carbonyl (C=O) groups excluding carboxylic acids is 2. The van der Waals surface area contributed by atoms with Gasteiger partial charge < -0.3 is 16.4 Å². The summed E-state index contributed by atoms with van der Waals surface area (Å²) in [6.45, 7) is 3.14. The number of carbonyl (C=O) groups is 2. The van der Waals surface area contributed by atoms with Gasteiger partial charge in [0.05, 0.1) is 6.04 Å². The molecule has 1 aromatic carbocycles. The summed E-state index contributed by atoms with van der Waals surface area (Å²) in [6, 6.07) is 5.40. The van der Waals surface area contributed by atoms with E-state index in [1.165, 1.54) is 0 Å². The highest BCUT2D eigenvalue weighted by molar-refractivity contribution is 6.30. The van der Waals surface area contributed by atoms with Crippen molar-refractivity contribution in [2.24, 2.45) is 5.73 Å². The van der Waals surface area contributed by atoms with Gasteiger partial charge in [-0.3, -0.25) is 9.59 Å². The quantitative estimate of drug-likeness (QED) is 0.766. The molecular formula is C12H16ClN3O2. The van der Waals surface area contributed by atoms with Gasteiger partial charge in [0.1, 0.15) is 6.04 Å². The summed E-state index contributed by atoms with van der Waals surface area (Å²) in [7, 11) is 0. The molecule has 0 heterocycles. The van der Waals surface area contributed by atoms with Crippen molar-refractivity contribution in [2.75, 3.05) is 5.32 Å². The predicted molar refractivity (Wildman–Crippen MR) is 71.3 cm³/mol. The Balaban J connectivity index is 2.54. The van der Waals surface area contributed by atoms with Gasteiger partial charge in [-0.2, -0.15) is 0 Å². The summed E-state index contributed by atoms with van der Waals surface area (Å²) < 4.78 is 0. The monoisotopic (exact) mass is 269 g/mol. The van der Waals surface area contributed by atoms with Crippen LogP contribution in [0.1, 0.15) is 13.8 Å². The van der Waals surface area contributed by atoms with Gasteiger partial charge >= 0.3 is 0 Å². The van der Waals surface area contributed by atoms with E-state index in [1.54, 1.807) is 38.1 Å². The average Bonchev–Trinajstić information content (AvgIpc) is 2.31. The third-order valence-electron chi connectivity index (χ3n) is 2.28. The standard InChI is InChI=1S/C12H16ClN3O2/c1-7(14)11(17)15-8(2)12(18)16-10-5-3-9(13)4-6-10/h3-8H,14H2,1-2H3,(H,15,17)(H,16,18)/t7-,8-/m0/s1. The molecule has 98 valence electrons. The lowest BCUT2D eigenvalue weighted by Crippen LogP contribution is -2.47.